The van der Waals surface area contributed by atoms with E-state index >= 15 is 0 Å². The van der Waals surface area contributed by atoms with Crippen LogP contribution < -0.4 is 14.9 Å². The van der Waals surface area contributed by atoms with Crippen molar-refractivity contribution in [1.29, 1.82) is 0 Å². The summed E-state index contributed by atoms with van der Waals surface area (Å²) in [6.45, 7) is -0.164. The summed E-state index contributed by atoms with van der Waals surface area (Å²) in [7, 11) is 1.46. The molecular formula is C16H15BrN2O4. The second-order valence-corrected chi connectivity index (χ2v) is 5.35. The molecule has 0 unspecified atom stereocenters. The summed E-state index contributed by atoms with van der Waals surface area (Å²) in [5.74, 6) is 0.460. The summed E-state index contributed by atoms with van der Waals surface area (Å²) in [5.41, 5.74) is 2.75. The number of ether oxygens (including phenoxy) is 2. The first-order chi connectivity index (χ1) is 11.1. The van der Waals surface area contributed by atoms with Crippen molar-refractivity contribution in [2.45, 2.75) is 0 Å². The summed E-state index contributed by atoms with van der Waals surface area (Å²) in [4.78, 5) is 11.6. The number of amides is 1. The fourth-order valence-corrected chi connectivity index (χ4v) is 1.96. The fraction of sp³-hybridized carbons (Fsp3) is 0.125. The zero-order valence-electron chi connectivity index (χ0n) is 12.3. The van der Waals surface area contributed by atoms with E-state index < -0.39 is 5.91 Å². The molecule has 7 heteroatoms. The number of rotatable bonds is 6. The van der Waals surface area contributed by atoms with E-state index in [0.29, 0.717) is 17.1 Å². The Morgan fingerprint density at radius 2 is 2.04 bits per heavy atom. The molecule has 0 aliphatic carbocycles. The zero-order valence-corrected chi connectivity index (χ0v) is 13.9. The number of carbonyl (C=O) groups is 1. The van der Waals surface area contributed by atoms with Crippen LogP contribution in [-0.2, 0) is 4.79 Å². The van der Waals surface area contributed by atoms with Crippen LogP contribution in [0, 0.1) is 0 Å². The van der Waals surface area contributed by atoms with Gasteiger partial charge in [-0.05, 0) is 36.4 Å². The second kappa shape index (κ2) is 8.19. The van der Waals surface area contributed by atoms with Gasteiger partial charge in [-0.1, -0.05) is 22.0 Å². The minimum Gasteiger partial charge on any atom is -0.504 e. The molecule has 0 aromatic heterocycles. The minimum absolute atomic E-state index is 0.0425. The molecule has 23 heavy (non-hydrogen) atoms. The largest absolute Gasteiger partial charge is 0.504 e. The molecule has 2 aromatic carbocycles. The van der Waals surface area contributed by atoms with E-state index in [4.69, 9.17) is 9.47 Å². The van der Waals surface area contributed by atoms with Crippen molar-refractivity contribution in [3.8, 4) is 17.2 Å². The molecular weight excluding hydrogens is 364 g/mol. The number of methoxy groups -OCH3 is 1. The van der Waals surface area contributed by atoms with Crippen molar-refractivity contribution in [2.75, 3.05) is 13.7 Å². The molecule has 0 fully saturated rings. The Morgan fingerprint density at radius 3 is 2.74 bits per heavy atom. The number of hydrogen-bond acceptors (Lipinski definition) is 5. The van der Waals surface area contributed by atoms with Crippen molar-refractivity contribution in [2.24, 2.45) is 5.10 Å². The maximum Gasteiger partial charge on any atom is 0.277 e. The number of carbonyl (C=O) groups excluding carboxylic acids is 1. The van der Waals surface area contributed by atoms with Gasteiger partial charge in [-0.3, -0.25) is 4.79 Å². The number of hydrazone groups is 1. The Morgan fingerprint density at radius 1 is 1.30 bits per heavy atom. The molecule has 1 amide bonds. The lowest BCUT2D eigenvalue weighted by molar-refractivity contribution is -0.123. The third-order valence-corrected chi connectivity index (χ3v) is 3.36. The average Bonchev–Trinajstić information content (AvgIpc) is 2.56. The van der Waals surface area contributed by atoms with Gasteiger partial charge >= 0.3 is 0 Å². The maximum atomic E-state index is 11.6. The lowest BCUT2D eigenvalue weighted by atomic mass is 10.2. The van der Waals surface area contributed by atoms with Gasteiger partial charge in [0.05, 0.1) is 13.3 Å². The number of nitrogens with zero attached hydrogens (tertiary/aromatic N) is 1. The van der Waals surface area contributed by atoms with Gasteiger partial charge in [0.15, 0.2) is 18.1 Å². The summed E-state index contributed by atoms with van der Waals surface area (Å²) >= 11 is 3.31. The van der Waals surface area contributed by atoms with Crippen LogP contribution in [0.4, 0.5) is 0 Å². The summed E-state index contributed by atoms with van der Waals surface area (Å²) in [6.07, 6.45) is 1.33. The summed E-state index contributed by atoms with van der Waals surface area (Å²) in [5, 5.41) is 13.6. The smallest absolute Gasteiger partial charge is 0.277 e. The van der Waals surface area contributed by atoms with Gasteiger partial charge in [0.2, 0.25) is 0 Å². The van der Waals surface area contributed by atoms with E-state index in [0.717, 1.165) is 4.47 Å². The molecule has 0 aliphatic heterocycles. The third-order valence-electron chi connectivity index (χ3n) is 2.83. The van der Waals surface area contributed by atoms with Crippen LogP contribution in [-0.4, -0.2) is 30.9 Å². The number of halogens is 1. The molecule has 120 valence electrons. The highest BCUT2D eigenvalue weighted by molar-refractivity contribution is 9.10. The standard InChI is InChI=1S/C16H15BrN2O4/c1-22-14-4-2-3-11(16(14)21)9-18-19-15(20)10-23-13-7-5-12(17)6-8-13/h2-9,21H,10H2,1H3,(H,19,20)/b18-9-. The topological polar surface area (TPSA) is 80.2 Å². The van der Waals surface area contributed by atoms with Crippen LogP contribution in [0.5, 0.6) is 17.2 Å². The van der Waals surface area contributed by atoms with Crippen LogP contribution >= 0.6 is 15.9 Å². The van der Waals surface area contributed by atoms with Gasteiger partial charge in [0.25, 0.3) is 5.91 Å². The molecule has 0 atom stereocenters. The molecule has 6 nitrogen and oxygen atoms in total. The number of phenols is 1. The van der Waals surface area contributed by atoms with E-state index in [1.54, 1.807) is 30.3 Å². The Bertz CT molecular complexity index is 702. The predicted octanol–water partition coefficient (Wildman–Crippen LogP) is 2.69. The zero-order chi connectivity index (χ0) is 16.7. The van der Waals surface area contributed by atoms with Crippen molar-refractivity contribution in [1.82, 2.24) is 5.43 Å². The first-order valence-electron chi connectivity index (χ1n) is 6.66. The minimum atomic E-state index is -0.411. The van der Waals surface area contributed by atoms with Gasteiger partial charge in [0.1, 0.15) is 5.75 Å². The Hall–Kier alpha value is -2.54. The second-order valence-electron chi connectivity index (χ2n) is 4.43. The lowest BCUT2D eigenvalue weighted by Crippen LogP contribution is -2.24. The monoisotopic (exact) mass is 378 g/mol. The maximum absolute atomic E-state index is 11.6. The summed E-state index contributed by atoms with van der Waals surface area (Å²) < 4.78 is 11.2. The van der Waals surface area contributed by atoms with Gasteiger partial charge in [-0.2, -0.15) is 5.10 Å². The Kier molecular flexibility index (Phi) is 5.99. The third kappa shape index (κ3) is 5.00. The summed E-state index contributed by atoms with van der Waals surface area (Å²) in [6, 6.07) is 12.1. The van der Waals surface area contributed by atoms with Gasteiger partial charge < -0.3 is 14.6 Å². The number of phenolic OH excluding ortho intramolecular Hbond substituents is 1. The molecule has 2 N–H and O–H groups in total. The highest BCUT2D eigenvalue weighted by atomic mass is 79.9. The van der Waals surface area contributed by atoms with Crippen molar-refractivity contribution < 1.29 is 19.4 Å². The highest BCUT2D eigenvalue weighted by Gasteiger charge is 2.05. The van der Waals surface area contributed by atoms with E-state index in [-0.39, 0.29) is 12.4 Å². The van der Waals surface area contributed by atoms with Crippen molar-refractivity contribution >= 4 is 28.1 Å². The number of aromatic hydroxyl groups is 1. The first-order valence-corrected chi connectivity index (χ1v) is 7.45. The van der Waals surface area contributed by atoms with Crippen LogP contribution in [0.25, 0.3) is 0 Å². The molecule has 0 heterocycles. The number of para-hydroxylation sites is 1. The van der Waals surface area contributed by atoms with E-state index in [9.17, 15) is 9.90 Å². The molecule has 0 spiro atoms. The van der Waals surface area contributed by atoms with Gasteiger partial charge in [0, 0.05) is 10.0 Å². The van der Waals surface area contributed by atoms with E-state index in [1.165, 1.54) is 13.3 Å². The molecule has 0 bridgehead atoms. The average molecular weight is 379 g/mol. The Labute approximate surface area is 141 Å². The Balaban J connectivity index is 1.85. The van der Waals surface area contributed by atoms with Crippen LogP contribution in [0.2, 0.25) is 0 Å². The van der Waals surface area contributed by atoms with E-state index in [2.05, 4.69) is 26.5 Å². The van der Waals surface area contributed by atoms with Crippen LogP contribution in [0.3, 0.4) is 0 Å². The van der Waals surface area contributed by atoms with Crippen molar-refractivity contribution in [3.63, 3.8) is 0 Å². The quantitative estimate of drug-likeness (QED) is 0.598. The number of nitrogens with one attached hydrogen (secondary N) is 1. The lowest BCUT2D eigenvalue weighted by Gasteiger charge is -2.06. The highest BCUT2D eigenvalue weighted by Crippen LogP contribution is 2.27. The molecule has 0 saturated heterocycles. The fourth-order valence-electron chi connectivity index (χ4n) is 1.69. The molecule has 0 radical (unpaired) electrons. The molecule has 2 aromatic rings. The van der Waals surface area contributed by atoms with Crippen LogP contribution in [0.15, 0.2) is 52.0 Å². The number of hydrogen-bond donors (Lipinski definition) is 2. The first kappa shape index (κ1) is 16.8. The number of benzene rings is 2. The van der Waals surface area contributed by atoms with Gasteiger partial charge in [-0.15, -0.1) is 0 Å². The normalized spacial score (nSPS) is 10.5. The molecule has 0 saturated carbocycles. The van der Waals surface area contributed by atoms with Crippen molar-refractivity contribution in [3.05, 3.63) is 52.5 Å². The van der Waals surface area contributed by atoms with Gasteiger partial charge in [-0.25, -0.2) is 5.43 Å². The predicted molar refractivity (Wildman–Crippen MR) is 90.0 cm³/mol. The van der Waals surface area contributed by atoms with E-state index in [1.807, 2.05) is 12.1 Å². The SMILES string of the molecule is COc1cccc(/C=N\NC(=O)COc2ccc(Br)cc2)c1O. The van der Waals surface area contributed by atoms with Crippen LogP contribution in [0.1, 0.15) is 5.56 Å². The molecule has 0 aliphatic rings. The molecule has 2 rings (SSSR count).